The van der Waals surface area contributed by atoms with Gasteiger partial charge in [-0.25, -0.2) is 4.39 Å². The molecule has 0 unspecified atom stereocenters. The van der Waals surface area contributed by atoms with Crippen molar-refractivity contribution < 1.29 is 19.1 Å². The number of aldehydes is 1. The van der Waals surface area contributed by atoms with Crippen LogP contribution in [0.1, 0.15) is 46.4 Å². The second-order valence-electron chi connectivity index (χ2n) is 4.79. The molecule has 1 saturated carbocycles. The van der Waals surface area contributed by atoms with Crippen LogP contribution in [0.25, 0.3) is 0 Å². The molecule has 0 aromatic heterocycles. The molecule has 1 fully saturated rings. The second-order valence-corrected chi connectivity index (χ2v) is 4.79. The molecule has 0 radical (unpaired) electrons. The fourth-order valence-corrected chi connectivity index (χ4v) is 2.31. The number of nitrogens with one attached hydrogen (secondary N) is 1. The van der Waals surface area contributed by atoms with Crippen LogP contribution in [-0.4, -0.2) is 29.4 Å². The third-order valence-electron chi connectivity index (χ3n) is 3.43. The zero-order valence-corrected chi connectivity index (χ0v) is 10.4. The average molecular weight is 265 g/mol. The van der Waals surface area contributed by atoms with E-state index in [4.69, 9.17) is 0 Å². The molecule has 0 aliphatic heterocycles. The Balaban J connectivity index is 2.09. The summed E-state index contributed by atoms with van der Waals surface area (Å²) in [7, 11) is 0. The highest BCUT2D eigenvalue weighted by molar-refractivity contribution is 5.96. The lowest BCUT2D eigenvalue weighted by molar-refractivity contribution is 0.0717. The van der Waals surface area contributed by atoms with Crippen molar-refractivity contribution in [3.63, 3.8) is 0 Å². The molecule has 2 atom stereocenters. The summed E-state index contributed by atoms with van der Waals surface area (Å²) in [6.45, 7) is 0. The first-order valence-corrected chi connectivity index (χ1v) is 6.35. The Hall–Kier alpha value is -1.75. The molecule has 5 heteroatoms. The highest BCUT2D eigenvalue weighted by Crippen LogP contribution is 2.19. The fourth-order valence-electron chi connectivity index (χ4n) is 2.31. The van der Waals surface area contributed by atoms with Crippen molar-refractivity contribution in [2.75, 3.05) is 0 Å². The molecule has 102 valence electrons. The van der Waals surface area contributed by atoms with E-state index in [-0.39, 0.29) is 17.2 Å². The summed E-state index contributed by atoms with van der Waals surface area (Å²) in [6.07, 6.45) is 3.16. The van der Waals surface area contributed by atoms with Gasteiger partial charge in [0, 0.05) is 5.56 Å². The third-order valence-corrected chi connectivity index (χ3v) is 3.43. The van der Waals surface area contributed by atoms with E-state index in [0.29, 0.717) is 12.7 Å². The van der Waals surface area contributed by atoms with Gasteiger partial charge in [0.15, 0.2) is 6.29 Å². The average Bonchev–Trinajstić information content (AvgIpc) is 2.42. The summed E-state index contributed by atoms with van der Waals surface area (Å²) in [6, 6.07) is 3.36. The van der Waals surface area contributed by atoms with E-state index >= 15 is 0 Å². The smallest absolute Gasteiger partial charge is 0.251 e. The zero-order valence-electron chi connectivity index (χ0n) is 10.4. The molecule has 1 aliphatic carbocycles. The molecule has 0 bridgehead atoms. The summed E-state index contributed by atoms with van der Waals surface area (Å²) >= 11 is 0. The Bertz CT molecular complexity index is 490. The van der Waals surface area contributed by atoms with E-state index in [9.17, 15) is 19.1 Å². The van der Waals surface area contributed by atoms with Crippen LogP contribution in [-0.2, 0) is 0 Å². The van der Waals surface area contributed by atoms with Crippen LogP contribution in [0.2, 0.25) is 0 Å². The van der Waals surface area contributed by atoms with Gasteiger partial charge in [0.1, 0.15) is 5.82 Å². The van der Waals surface area contributed by atoms with Crippen LogP contribution in [0, 0.1) is 5.82 Å². The van der Waals surface area contributed by atoms with E-state index in [2.05, 4.69) is 5.32 Å². The minimum absolute atomic E-state index is 0.142. The van der Waals surface area contributed by atoms with Gasteiger partial charge in [0.05, 0.1) is 17.7 Å². The van der Waals surface area contributed by atoms with E-state index < -0.39 is 17.8 Å². The van der Waals surface area contributed by atoms with Crippen molar-refractivity contribution in [1.82, 2.24) is 5.32 Å². The summed E-state index contributed by atoms with van der Waals surface area (Å²) in [5.74, 6) is -1.04. The first-order valence-electron chi connectivity index (χ1n) is 6.35. The number of rotatable bonds is 3. The Morgan fingerprint density at radius 1 is 1.37 bits per heavy atom. The maximum atomic E-state index is 13.2. The van der Waals surface area contributed by atoms with Crippen molar-refractivity contribution in [3.8, 4) is 0 Å². The van der Waals surface area contributed by atoms with Crippen LogP contribution in [0.4, 0.5) is 4.39 Å². The molecule has 19 heavy (non-hydrogen) atoms. The lowest BCUT2D eigenvalue weighted by Crippen LogP contribution is -2.45. The highest BCUT2D eigenvalue weighted by atomic mass is 19.1. The standard InChI is InChI=1S/C14H16FNO3/c15-11-6-5-9(7-10(11)8-17)14(19)16-12-3-1-2-4-13(12)18/h5-8,12-13,18H,1-4H2,(H,16,19)/t12-,13-/m0/s1. The number of hydrogen-bond acceptors (Lipinski definition) is 3. The van der Waals surface area contributed by atoms with Crippen molar-refractivity contribution in [1.29, 1.82) is 0 Å². The van der Waals surface area contributed by atoms with Gasteiger partial charge in [-0.2, -0.15) is 0 Å². The normalized spacial score (nSPS) is 22.8. The van der Waals surface area contributed by atoms with Crippen LogP contribution in [0.3, 0.4) is 0 Å². The summed E-state index contributed by atoms with van der Waals surface area (Å²) in [5, 5.41) is 12.5. The lowest BCUT2D eigenvalue weighted by Gasteiger charge is -2.28. The van der Waals surface area contributed by atoms with Gasteiger partial charge in [0.25, 0.3) is 5.91 Å². The first kappa shape index (κ1) is 13.7. The number of aliphatic hydroxyl groups excluding tert-OH is 1. The molecule has 1 aromatic carbocycles. The molecule has 0 saturated heterocycles. The molecule has 0 spiro atoms. The number of carbonyl (C=O) groups excluding carboxylic acids is 2. The predicted octanol–water partition coefficient (Wildman–Crippen LogP) is 1.67. The van der Waals surface area contributed by atoms with E-state index in [1.54, 1.807) is 0 Å². The molecule has 2 rings (SSSR count). The second kappa shape index (κ2) is 5.93. The molecule has 2 N–H and O–H groups in total. The van der Waals surface area contributed by atoms with Crippen molar-refractivity contribution in [3.05, 3.63) is 35.1 Å². The van der Waals surface area contributed by atoms with Gasteiger partial charge in [-0.3, -0.25) is 9.59 Å². The van der Waals surface area contributed by atoms with Crippen LogP contribution < -0.4 is 5.32 Å². The number of benzene rings is 1. The zero-order chi connectivity index (χ0) is 13.8. The van der Waals surface area contributed by atoms with Crippen LogP contribution in [0.5, 0.6) is 0 Å². The van der Waals surface area contributed by atoms with Gasteiger partial charge >= 0.3 is 0 Å². The molecule has 1 aromatic rings. The maximum absolute atomic E-state index is 13.2. The number of aliphatic hydroxyl groups is 1. The molecule has 1 amide bonds. The van der Waals surface area contributed by atoms with Crippen molar-refractivity contribution in [2.45, 2.75) is 37.8 Å². The highest BCUT2D eigenvalue weighted by Gasteiger charge is 2.25. The van der Waals surface area contributed by atoms with Crippen molar-refractivity contribution in [2.24, 2.45) is 0 Å². The van der Waals surface area contributed by atoms with E-state index in [1.807, 2.05) is 0 Å². The number of halogens is 1. The third kappa shape index (κ3) is 3.17. The Kier molecular flexibility index (Phi) is 4.27. The summed E-state index contributed by atoms with van der Waals surface area (Å²) < 4.78 is 13.2. The fraction of sp³-hybridized carbons (Fsp3) is 0.429. The molecule has 0 heterocycles. The number of amides is 1. The SMILES string of the molecule is O=Cc1cc(C(=O)N[C@H]2CCCC[C@@H]2O)ccc1F. The van der Waals surface area contributed by atoms with Gasteiger partial charge in [-0.15, -0.1) is 0 Å². The summed E-state index contributed by atoms with van der Waals surface area (Å²) in [4.78, 5) is 22.6. The van der Waals surface area contributed by atoms with Gasteiger partial charge in [-0.05, 0) is 31.0 Å². The molecule has 1 aliphatic rings. The predicted molar refractivity (Wildman–Crippen MR) is 67.5 cm³/mol. The number of hydrogen-bond donors (Lipinski definition) is 2. The Labute approximate surface area is 110 Å². The first-order chi connectivity index (χ1) is 9.11. The minimum Gasteiger partial charge on any atom is -0.391 e. The molecular formula is C14H16FNO3. The van der Waals surface area contributed by atoms with Gasteiger partial charge in [-0.1, -0.05) is 12.8 Å². The van der Waals surface area contributed by atoms with Crippen LogP contribution in [0.15, 0.2) is 18.2 Å². The quantitative estimate of drug-likeness (QED) is 0.817. The largest absolute Gasteiger partial charge is 0.391 e. The minimum atomic E-state index is -0.649. The van der Waals surface area contributed by atoms with E-state index in [0.717, 1.165) is 25.3 Å². The Morgan fingerprint density at radius 2 is 2.11 bits per heavy atom. The summed E-state index contributed by atoms with van der Waals surface area (Å²) in [5.41, 5.74) is 0.0816. The molecule has 4 nitrogen and oxygen atoms in total. The van der Waals surface area contributed by atoms with Gasteiger partial charge in [0.2, 0.25) is 0 Å². The van der Waals surface area contributed by atoms with Crippen molar-refractivity contribution >= 4 is 12.2 Å². The van der Waals surface area contributed by atoms with E-state index in [1.165, 1.54) is 12.1 Å². The number of carbonyl (C=O) groups is 2. The van der Waals surface area contributed by atoms with Crippen LogP contribution >= 0.6 is 0 Å². The molecular weight excluding hydrogens is 249 g/mol. The maximum Gasteiger partial charge on any atom is 0.251 e. The Morgan fingerprint density at radius 3 is 2.79 bits per heavy atom. The topological polar surface area (TPSA) is 66.4 Å². The van der Waals surface area contributed by atoms with Gasteiger partial charge < -0.3 is 10.4 Å². The monoisotopic (exact) mass is 265 g/mol. The lowest BCUT2D eigenvalue weighted by atomic mass is 9.92.